The van der Waals surface area contributed by atoms with Gasteiger partial charge in [-0.1, -0.05) is 39.0 Å². The van der Waals surface area contributed by atoms with E-state index in [1.54, 1.807) is 0 Å². The summed E-state index contributed by atoms with van der Waals surface area (Å²) in [6.45, 7) is 3.40. The van der Waals surface area contributed by atoms with Gasteiger partial charge < -0.3 is 4.74 Å². The van der Waals surface area contributed by atoms with Crippen molar-refractivity contribution in [3.8, 4) is 0 Å². The Morgan fingerprint density at radius 2 is 1.53 bits per heavy atom. The van der Waals surface area contributed by atoms with Crippen LogP contribution in [0.1, 0.15) is 52.4 Å². The lowest BCUT2D eigenvalue weighted by atomic mass is 10.1. The van der Waals surface area contributed by atoms with Crippen molar-refractivity contribution < 1.29 is 17.9 Å². The molecule has 0 aliphatic heterocycles. The Hall–Kier alpha value is -0.250. The van der Waals surface area contributed by atoms with Gasteiger partial charge >= 0.3 is 6.18 Å². The van der Waals surface area contributed by atoms with E-state index in [2.05, 4.69) is 11.7 Å². The minimum Gasteiger partial charge on any atom is -0.369 e. The van der Waals surface area contributed by atoms with Crippen LogP contribution in [0.25, 0.3) is 0 Å². The topological polar surface area (TPSA) is 9.23 Å². The van der Waals surface area contributed by atoms with Crippen LogP contribution in [0.4, 0.5) is 13.2 Å². The summed E-state index contributed by atoms with van der Waals surface area (Å²) in [5, 5.41) is 0. The van der Waals surface area contributed by atoms with E-state index in [-0.39, 0.29) is 6.61 Å². The van der Waals surface area contributed by atoms with E-state index in [1.165, 1.54) is 19.3 Å². The van der Waals surface area contributed by atoms with Crippen LogP contribution in [0.2, 0.25) is 0 Å². The van der Waals surface area contributed by atoms with Crippen LogP contribution in [0.5, 0.6) is 0 Å². The number of hydrogen-bond acceptors (Lipinski definition) is 1. The van der Waals surface area contributed by atoms with Gasteiger partial charge in [0.1, 0.15) is 0 Å². The Bertz CT molecular complexity index is 145. The van der Waals surface area contributed by atoms with Gasteiger partial charge in [-0.3, -0.25) is 0 Å². The predicted molar refractivity (Wildman–Crippen MR) is 54.8 cm³/mol. The van der Waals surface area contributed by atoms with Gasteiger partial charge in [0.2, 0.25) is 0 Å². The summed E-state index contributed by atoms with van der Waals surface area (Å²) in [7, 11) is 0. The molecule has 0 bridgehead atoms. The zero-order chi connectivity index (χ0) is 11.7. The molecule has 0 aromatic rings. The molecule has 0 heterocycles. The van der Waals surface area contributed by atoms with E-state index in [0.29, 0.717) is 0 Å². The zero-order valence-electron chi connectivity index (χ0n) is 9.57. The van der Waals surface area contributed by atoms with Crippen LogP contribution in [0, 0.1) is 0 Å². The first-order chi connectivity index (χ1) is 6.98. The first kappa shape index (κ1) is 14.8. The minimum atomic E-state index is -4.22. The molecule has 92 valence electrons. The maximum Gasteiger partial charge on any atom is 0.414 e. The number of hydrogen-bond donors (Lipinski definition) is 0. The molecule has 4 heteroatoms. The van der Waals surface area contributed by atoms with E-state index in [0.717, 1.165) is 26.2 Å². The third kappa shape index (κ3) is 8.73. The molecule has 0 saturated heterocycles. The average molecular weight is 226 g/mol. The van der Waals surface area contributed by atoms with Crippen molar-refractivity contribution in [1.82, 2.24) is 0 Å². The molecule has 0 aromatic heterocycles. The highest BCUT2D eigenvalue weighted by Gasteiger charge is 2.36. The van der Waals surface area contributed by atoms with Gasteiger partial charge in [-0.15, -0.1) is 0 Å². The first-order valence-electron chi connectivity index (χ1n) is 5.66. The van der Waals surface area contributed by atoms with Crippen molar-refractivity contribution >= 4 is 0 Å². The van der Waals surface area contributed by atoms with Crippen molar-refractivity contribution in [3.63, 3.8) is 0 Å². The van der Waals surface area contributed by atoms with E-state index >= 15 is 0 Å². The third-order valence-corrected chi connectivity index (χ3v) is 2.33. The molecule has 0 rings (SSSR count). The number of halogens is 3. The molecule has 0 radical (unpaired) electrons. The van der Waals surface area contributed by atoms with E-state index in [4.69, 9.17) is 0 Å². The number of ether oxygens (including phenoxy) is 1. The highest BCUT2D eigenvalue weighted by Crippen LogP contribution is 2.22. The average Bonchev–Trinajstić information content (AvgIpc) is 2.14. The van der Waals surface area contributed by atoms with Crippen LogP contribution in [-0.2, 0) is 4.74 Å². The summed E-state index contributed by atoms with van der Waals surface area (Å²) in [5.41, 5.74) is 0. The van der Waals surface area contributed by atoms with Crippen LogP contribution in [0.15, 0.2) is 0 Å². The molecule has 1 unspecified atom stereocenters. The van der Waals surface area contributed by atoms with E-state index < -0.39 is 12.3 Å². The molecule has 0 aliphatic carbocycles. The van der Waals surface area contributed by atoms with Crippen LogP contribution < -0.4 is 0 Å². The predicted octanol–water partition coefficient (Wildman–Crippen LogP) is 4.31. The molecular formula is C11H21F3O. The second-order valence-electron chi connectivity index (χ2n) is 3.82. The highest BCUT2D eigenvalue weighted by molar-refractivity contribution is 4.60. The molecule has 0 N–H and O–H groups in total. The molecule has 1 nitrogen and oxygen atoms in total. The van der Waals surface area contributed by atoms with E-state index in [9.17, 15) is 13.2 Å². The summed E-state index contributed by atoms with van der Waals surface area (Å²) in [4.78, 5) is 0. The van der Waals surface area contributed by atoms with Gasteiger partial charge in [0.05, 0.1) is 0 Å². The second-order valence-corrected chi connectivity index (χ2v) is 3.82. The fourth-order valence-electron chi connectivity index (χ4n) is 1.24. The third-order valence-electron chi connectivity index (χ3n) is 2.33. The summed E-state index contributed by atoms with van der Waals surface area (Å²) in [6.07, 6.45) is 0.495. The van der Waals surface area contributed by atoms with Gasteiger partial charge in [0.25, 0.3) is 0 Å². The Kier molecular flexibility index (Phi) is 7.83. The monoisotopic (exact) mass is 226 g/mol. The van der Waals surface area contributed by atoms with Gasteiger partial charge in [0.15, 0.2) is 6.10 Å². The van der Waals surface area contributed by atoms with Crippen molar-refractivity contribution in [3.05, 3.63) is 0 Å². The number of alkyl halides is 3. The van der Waals surface area contributed by atoms with Crippen molar-refractivity contribution in [2.45, 2.75) is 64.7 Å². The van der Waals surface area contributed by atoms with Crippen LogP contribution in [-0.4, -0.2) is 18.9 Å². The van der Waals surface area contributed by atoms with Gasteiger partial charge in [-0.05, 0) is 13.3 Å². The smallest absolute Gasteiger partial charge is 0.369 e. The molecular weight excluding hydrogens is 205 g/mol. The molecule has 15 heavy (non-hydrogen) atoms. The standard InChI is InChI=1S/C11H21F3O/c1-3-4-5-6-7-8-9-15-10(2)11(12,13)14/h10H,3-9H2,1-2H3. The Labute approximate surface area is 90.0 Å². The molecule has 0 spiro atoms. The first-order valence-corrected chi connectivity index (χ1v) is 5.66. The fraction of sp³-hybridized carbons (Fsp3) is 1.00. The van der Waals surface area contributed by atoms with E-state index in [1.807, 2.05) is 0 Å². The number of unbranched alkanes of at least 4 members (excludes halogenated alkanes) is 5. The summed E-state index contributed by atoms with van der Waals surface area (Å²) >= 11 is 0. The van der Waals surface area contributed by atoms with Crippen LogP contribution >= 0.6 is 0 Å². The number of rotatable bonds is 8. The maximum atomic E-state index is 12.0. The molecule has 0 aliphatic rings. The molecule has 0 saturated carbocycles. The summed E-state index contributed by atoms with van der Waals surface area (Å²) < 4.78 is 40.7. The Morgan fingerprint density at radius 1 is 1.00 bits per heavy atom. The lowest BCUT2D eigenvalue weighted by Crippen LogP contribution is -2.28. The highest BCUT2D eigenvalue weighted by atomic mass is 19.4. The van der Waals surface area contributed by atoms with Crippen molar-refractivity contribution in [1.29, 1.82) is 0 Å². The normalized spacial score (nSPS) is 14.2. The largest absolute Gasteiger partial charge is 0.414 e. The van der Waals surface area contributed by atoms with Gasteiger partial charge in [-0.25, -0.2) is 0 Å². The van der Waals surface area contributed by atoms with Crippen molar-refractivity contribution in [2.75, 3.05) is 6.61 Å². The zero-order valence-corrected chi connectivity index (χ0v) is 9.57. The second kappa shape index (κ2) is 7.97. The lowest BCUT2D eigenvalue weighted by molar-refractivity contribution is -0.214. The maximum absolute atomic E-state index is 12.0. The van der Waals surface area contributed by atoms with Gasteiger partial charge in [-0.2, -0.15) is 13.2 Å². The lowest BCUT2D eigenvalue weighted by Gasteiger charge is -2.16. The molecule has 0 amide bonds. The summed E-state index contributed by atoms with van der Waals surface area (Å²) in [5.74, 6) is 0. The fourth-order valence-corrected chi connectivity index (χ4v) is 1.24. The summed E-state index contributed by atoms with van der Waals surface area (Å²) in [6, 6.07) is 0. The Morgan fingerprint density at radius 3 is 2.07 bits per heavy atom. The SMILES string of the molecule is CCCCCCCCOC(C)C(F)(F)F. The quantitative estimate of drug-likeness (QED) is 0.560. The Balaban J connectivity index is 3.24. The van der Waals surface area contributed by atoms with Crippen LogP contribution in [0.3, 0.4) is 0 Å². The van der Waals surface area contributed by atoms with Gasteiger partial charge in [0, 0.05) is 6.61 Å². The van der Waals surface area contributed by atoms with Crippen molar-refractivity contribution in [2.24, 2.45) is 0 Å². The molecule has 1 atom stereocenters. The molecule has 0 fully saturated rings. The molecule has 0 aromatic carbocycles. The minimum absolute atomic E-state index is 0.215.